The molecule has 0 saturated heterocycles. The zero-order valence-corrected chi connectivity index (χ0v) is 37.3. The van der Waals surface area contributed by atoms with Crippen molar-refractivity contribution in [1.29, 1.82) is 0 Å². The van der Waals surface area contributed by atoms with Crippen LogP contribution in [-0.2, 0) is 30.5 Å². The van der Waals surface area contributed by atoms with E-state index in [1.54, 1.807) is 18.2 Å². The SMILES string of the molecule is Cc1c[c-]c(N=Nc2ccc(C)cc2)cc1.O=S(=O)([O-])C(F)(F)F.O=[N+]([O-])c1ccccc1N=P(CP(c1ccccc1)c1ccccc1)(c1ccccc1)c1ccccc1.[Pd+2]. The van der Waals surface area contributed by atoms with Gasteiger partial charge in [-0.1, -0.05) is 158 Å². The smallest absolute Gasteiger partial charge is 0.741 e. The van der Waals surface area contributed by atoms with Gasteiger partial charge in [0.05, 0.1) is 10.6 Å². The monoisotopic (exact) mass is 984 g/mol. The average molecular weight is 985 g/mol. The largest absolute Gasteiger partial charge is 2.00 e. The van der Waals surface area contributed by atoms with E-state index in [1.807, 2.05) is 104 Å². The third-order valence-corrected chi connectivity index (χ3v) is 16.8. The first kappa shape index (κ1) is 49.2. The minimum absolute atomic E-state index is 0. The number of azo groups is 1. The maximum Gasteiger partial charge on any atom is 2.00 e. The van der Waals surface area contributed by atoms with Crippen LogP contribution < -0.4 is 21.2 Å². The molecule has 0 unspecified atom stereocenters. The van der Waals surface area contributed by atoms with Crippen molar-refractivity contribution >= 4 is 69.1 Å². The first-order valence-electron chi connectivity index (χ1n) is 18.5. The number of halogens is 3. The van der Waals surface area contributed by atoms with Gasteiger partial charge in [-0.2, -0.15) is 47.2 Å². The molecule has 0 radical (unpaired) electrons. The summed E-state index contributed by atoms with van der Waals surface area (Å²) in [6.45, 7) is 4.08. The zero-order valence-electron chi connectivity index (χ0n) is 33.2. The average Bonchev–Trinajstić information content (AvgIpc) is 3.26. The molecular weight excluding hydrogens is 946 g/mol. The molecule has 7 aromatic rings. The minimum atomic E-state index is -6.09. The number of hydrogen-bond donors (Lipinski definition) is 0. The molecule has 0 bridgehead atoms. The van der Waals surface area contributed by atoms with E-state index in [2.05, 4.69) is 96.0 Å². The maximum absolute atomic E-state index is 12.0. The standard InChI is InChI=1S/C31H26N2O2P2.C14H13N2.CHF3O3S.Pd/c34-33(35)31-24-14-13-23-30(31)32-37(28-19-9-3-10-20-28,29-21-11-4-12-22-29)25-36(26-15-5-1-6-16-26)27-17-7-2-8-18-27;1-11-3-7-13(8-4-11)15-16-14-9-5-12(2)6-10-14;2-1(3,4)8(5,6)7;/h1-24H,25H2;3-9H,1-2H3;(H,5,6,7);/q;-1;;+2/p-1. The van der Waals surface area contributed by atoms with E-state index < -0.39 is 30.6 Å². The molecule has 0 aliphatic heterocycles. The third kappa shape index (κ3) is 14.0. The Bertz CT molecular complexity index is 2550. The van der Waals surface area contributed by atoms with Crippen molar-refractivity contribution in [3.05, 3.63) is 215 Å². The van der Waals surface area contributed by atoms with Crippen LogP contribution >= 0.6 is 15.0 Å². The number of nitro benzene ring substituents is 1. The molecule has 0 aliphatic carbocycles. The van der Waals surface area contributed by atoms with Gasteiger partial charge in [0.15, 0.2) is 10.1 Å². The van der Waals surface area contributed by atoms with Crippen LogP contribution in [0.15, 0.2) is 203 Å². The summed E-state index contributed by atoms with van der Waals surface area (Å²) in [5.74, 6) is 0.760. The van der Waals surface area contributed by atoms with Crippen LogP contribution in [0.2, 0.25) is 0 Å². The number of nitrogens with zero attached hydrogens (tertiary/aromatic N) is 4. The van der Waals surface area contributed by atoms with Gasteiger partial charge < -0.3 is 4.55 Å². The molecule has 7 rings (SSSR count). The van der Waals surface area contributed by atoms with E-state index in [9.17, 15) is 23.3 Å². The van der Waals surface area contributed by atoms with Crippen molar-refractivity contribution in [2.45, 2.75) is 19.4 Å². The Kier molecular flexibility index (Phi) is 18.4. The molecule has 0 N–H and O–H groups in total. The number of nitro groups is 1. The van der Waals surface area contributed by atoms with Crippen LogP contribution in [0.4, 0.5) is 35.9 Å². The van der Waals surface area contributed by atoms with E-state index >= 15 is 0 Å². The fourth-order valence-electron chi connectivity index (χ4n) is 5.71. The van der Waals surface area contributed by atoms with Gasteiger partial charge in [0, 0.05) is 19.0 Å². The van der Waals surface area contributed by atoms with Gasteiger partial charge in [0.25, 0.3) is 5.69 Å². The molecule has 0 saturated carbocycles. The molecule has 0 fully saturated rings. The predicted molar refractivity (Wildman–Crippen MR) is 239 cm³/mol. The Morgan fingerprint density at radius 3 is 1.52 bits per heavy atom. The van der Waals surface area contributed by atoms with Crippen LogP contribution in [0, 0.1) is 30.0 Å². The molecule has 9 nitrogen and oxygen atoms in total. The quantitative estimate of drug-likeness (QED) is 0.0196. The summed E-state index contributed by atoms with van der Waals surface area (Å²) >= 11 is 0. The van der Waals surface area contributed by atoms with Crippen molar-refractivity contribution < 1.29 is 51.5 Å². The molecule has 16 heteroatoms. The van der Waals surface area contributed by atoms with E-state index in [0.29, 0.717) is 5.69 Å². The Morgan fingerprint density at radius 1 is 0.645 bits per heavy atom. The fraction of sp³-hybridized carbons (Fsp3) is 0.0870. The van der Waals surface area contributed by atoms with Gasteiger partial charge in [-0.3, -0.25) is 14.9 Å². The van der Waals surface area contributed by atoms with Gasteiger partial charge in [-0.05, 0) is 59.9 Å². The predicted octanol–water partition coefficient (Wildman–Crippen LogP) is 11.7. The molecule has 0 heterocycles. The van der Waals surface area contributed by atoms with Crippen molar-refractivity contribution in [3.63, 3.8) is 0 Å². The molecular formula is C46H39F3N4O5P2PdS. The van der Waals surface area contributed by atoms with Crippen LogP contribution in [0.5, 0.6) is 0 Å². The summed E-state index contributed by atoms with van der Waals surface area (Å²) in [6, 6.07) is 65.5. The molecule has 0 atom stereocenters. The summed E-state index contributed by atoms with van der Waals surface area (Å²) in [7, 11) is -9.44. The van der Waals surface area contributed by atoms with Gasteiger partial charge in [-0.25, -0.2) is 8.42 Å². The normalized spacial score (nSPS) is 11.3. The third-order valence-electron chi connectivity index (χ3n) is 8.75. The summed E-state index contributed by atoms with van der Waals surface area (Å²) in [4.78, 5) is 11.7. The van der Waals surface area contributed by atoms with Crippen LogP contribution in [0.1, 0.15) is 11.1 Å². The van der Waals surface area contributed by atoms with Crippen molar-refractivity contribution in [1.82, 2.24) is 0 Å². The summed E-state index contributed by atoms with van der Waals surface area (Å²) in [6.07, 6.45) is 0. The molecule has 320 valence electrons. The molecule has 0 aliphatic rings. The maximum atomic E-state index is 12.0. The van der Waals surface area contributed by atoms with E-state index in [1.165, 1.54) is 21.7 Å². The number of rotatable bonds is 10. The van der Waals surface area contributed by atoms with Gasteiger partial charge >= 0.3 is 25.9 Å². The Balaban J connectivity index is 0.000000278. The molecule has 62 heavy (non-hydrogen) atoms. The van der Waals surface area contributed by atoms with E-state index in [0.717, 1.165) is 27.9 Å². The van der Waals surface area contributed by atoms with Gasteiger partial charge in [0.1, 0.15) is 5.69 Å². The second-order valence-electron chi connectivity index (χ2n) is 13.2. The summed E-state index contributed by atoms with van der Waals surface area (Å²) < 4.78 is 64.3. The summed E-state index contributed by atoms with van der Waals surface area (Å²) in [5.41, 5.74) is -1.18. The number of aryl methyl sites for hydroxylation is 2. The van der Waals surface area contributed by atoms with Crippen LogP contribution in [-0.4, -0.2) is 29.3 Å². The zero-order chi connectivity index (χ0) is 43.9. The molecule has 0 aromatic heterocycles. The first-order valence-corrected chi connectivity index (χ1v) is 23.3. The second kappa shape index (κ2) is 23.1. The van der Waals surface area contributed by atoms with Crippen LogP contribution in [0.3, 0.4) is 0 Å². The van der Waals surface area contributed by atoms with Gasteiger partial charge in [-0.15, -0.1) is 6.07 Å². The number of hydrogen-bond acceptors (Lipinski definition) is 8. The van der Waals surface area contributed by atoms with E-state index in [4.69, 9.17) is 17.7 Å². The molecule has 0 spiro atoms. The molecule has 0 amide bonds. The van der Waals surface area contributed by atoms with Crippen molar-refractivity contribution in [2.75, 3.05) is 5.90 Å². The van der Waals surface area contributed by atoms with Gasteiger partial charge in [0.2, 0.25) is 0 Å². The summed E-state index contributed by atoms with van der Waals surface area (Å²) in [5, 5.41) is 25.0. The number of alkyl halides is 3. The van der Waals surface area contributed by atoms with Crippen molar-refractivity contribution in [2.24, 2.45) is 15.0 Å². The Hall–Kier alpha value is -5.44. The van der Waals surface area contributed by atoms with Crippen molar-refractivity contribution in [3.8, 4) is 0 Å². The van der Waals surface area contributed by atoms with Crippen LogP contribution in [0.25, 0.3) is 0 Å². The Labute approximate surface area is 374 Å². The van der Waals surface area contributed by atoms with E-state index in [-0.39, 0.29) is 31.0 Å². The second-order valence-corrected chi connectivity index (χ2v) is 20.4. The minimum Gasteiger partial charge on any atom is -0.741 e. The number of benzene rings is 7. The number of para-hydroxylation sites is 1. The fourth-order valence-corrected chi connectivity index (χ4v) is 14.0. The Morgan fingerprint density at radius 2 is 1.08 bits per heavy atom. The molecule has 7 aromatic carbocycles. The topological polar surface area (TPSA) is 137 Å². The first-order chi connectivity index (χ1) is 29.2.